The van der Waals surface area contributed by atoms with E-state index in [2.05, 4.69) is 5.16 Å². The highest BCUT2D eigenvalue weighted by Crippen LogP contribution is 2.29. The van der Waals surface area contributed by atoms with Crippen LogP contribution in [0.4, 0.5) is 11.6 Å². The summed E-state index contributed by atoms with van der Waals surface area (Å²) in [6.07, 6.45) is 0. The molecule has 2 aromatic heterocycles. The summed E-state index contributed by atoms with van der Waals surface area (Å²) in [5, 5.41) is 5.06. The van der Waals surface area contributed by atoms with E-state index in [9.17, 15) is 18.0 Å². The van der Waals surface area contributed by atoms with Crippen LogP contribution in [-0.4, -0.2) is 25.3 Å². The summed E-state index contributed by atoms with van der Waals surface area (Å²) < 4.78 is 78.8. The van der Waals surface area contributed by atoms with Crippen LogP contribution in [0.1, 0.15) is 54.8 Å². The number of carbonyl (C=O) groups is 2. The maximum Gasteiger partial charge on any atom is 0.267 e. The van der Waals surface area contributed by atoms with Crippen molar-refractivity contribution in [2.45, 2.75) is 39.4 Å². The Kier molecular flexibility index (Phi) is 4.00. The number of sulfonamides is 1. The standard InChI is InChI=1S/C20H21N3O5S2/c1-10-8-11(2)17(15(9-10)14(5)24)21-19(25)18-16(6-7-29-18)30(26,27)23-20-12(3)13(4)22-28-20/h6-9,23H,1-5H3,(H,21,25)/i3D3,9D/hD2. The molecule has 2 N–H and O–H groups in total. The van der Waals surface area contributed by atoms with Crippen LogP contribution in [0, 0.1) is 27.6 Å². The number of hydrogen-bond acceptors (Lipinski definition) is 7. The van der Waals surface area contributed by atoms with Gasteiger partial charge < -0.3 is 9.83 Å². The van der Waals surface area contributed by atoms with Crippen LogP contribution in [0.15, 0.2) is 33.0 Å². The summed E-state index contributed by atoms with van der Waals surface area (Å²) >= 11 is 0.673. The van der Waals surface area contributed by atoms with Gasteiger partial charge >= 0.3 is 0 Å². The third-order valence-corrected chi connectivity index (χ3v) is 6.41. The number of anilines is 2. The van der Waals surface area contributed by atoms with E-state index in [1.54, 1.807) is 13.8 Å². The van der Waals surface area contributed by atoms with Crippen LogP contribution in [0.5, 0.6) is 0 Å². The molecule has 8 nitrogen and oxygen atoms in total. The first kappa shape index (κ1) is 14.9. The van der Waals surface area contributed by atoms with Crippen molar-refractivity contribution in [3.05, 3.63) is 56.4 Å². The fourth-order valence-electron chi connectivity index (χ4n) is 2.67. The number of amides is 1. The van der Waals surface area contributed by atoms with Gasteiger partial charge in [-0.15, -0.1) is 11.3 Å². The Labute approximate surface area is 186 Å². The zero-order valence-corrected chi connectivity index (χ0v) is 18.1. The van der Waals surface area contributed by atoms with E-state index < -0.39 is 49.8 Å². The molecule has 0 saturated carbocycles. The lowest BCUT2D eigenvalue weighted by Crippen LogP contribution is -2.20. The first-order valence-corrected chi connectivity index (χ1v) is 10.9. The van der Waals surface area contributed by atoms with Gasteiger partial charge in [-0.25, -0.2) is 13.1 Å². The molecule has 0 unspecified atom stereocenters. The number of nitrogens with one attached hydrogen (secondary N) is 2. The van der Waals surface area contributed by atoms with Gasteiger partial charge in [-0.1, -0.05) is 11.2 Å². The summed E-state index contributed by atoms with van der Waals surface area (Å²) in [6.45, 7) is 2.79. The third kappa shape index (κ3) is 4.14. The minimum atomic E-state index is -4.87. The molecule has 0 fully saturated rings. The molecule has 1 amide bonds. The summed E-state index contributed by atoms with van der Waals surface area (Å²) in [6, 6.07) is 2.39. The van der Waals surface area contributed by atoms with Crippen LogP contribution >= 0.6 is 11.3 Å². The lowest BCUT2D eigenvalue weighted by Gasteiger charge is -2.14. The smallest absolute Gasteiger partial charge is 0.267 e. The van der Waals surface area contributed by atoms with Crippen molar-refractivity contribution in [1.82, 2.24) is 5.16 Å². The maximum atomic E-state index is 13.3. The summed E-state index contributed by atoms with van der Waals surface area (Å²) in [4.78, 5) is 24.4. The zero-order chi connectivity index (χ0) is 27.3. The van der Waals surface area contributed by atoms with E-state index in [-0.39, 0.29) is 27.7 Å². The molecule has 1 aromatic carbocycles. The van der Waals surface area contributed by atoms with Crippen molar-refractivity contribution in [3.8, 4) is 0 Å². The van der Waals surface area contributed by atoms with Gasteiger partial charge in [0.05, 0.1) is 12.8 Å². The van der Waals surface area contributed by atoms with E-state index in [4.69, 9.17) is 12.8 Å². The number of aromatic nitrogens is 1. The Balaban J connectivity index is 2.11. The molecular formula is C20H21N3O5S2. The number of benzene rings is 1. The van der Waals surface area contributed by atoms with Crippen molar-refractivity contribution < 1.29 is 30.8 Å². The molecule has 10 heteroatoms. The van der Waals surface area contributed by atoms with Crippen molar-refractivity contribution >= 4 is 44.6 Å². The Hall–Kier alpha value is -2.98. The molecule has 2 heterocycles. The molecule has 0 atom stereocenters. The Morgan fingerprint density at radius 2 is 2.07 bits per heavy atom. The topological polar surface area (TPSA) is 118 Å². The zero-order valence-electron chi connectivity index (χ0n) is 22.4. The van der Waals surface area contributed by atoms with Crippen LogP contribution in [-0.2, 0) is 10.0 Å². The quantitative estimate of drug-likeness (QED) is 0.539. The molecule has 0 spiro atoms. The van der Waals surface area contributed by atoms with Gasteiger partial charge in [-0.2, -0.15) is 0 Å². The number of carbonyl (C=O) groups excluding carboxylic acids is 2. The van der Waals surface area contributed by atoms with E-state index in [1.807, 2.05) is 0 Å². The summed E-state index contributed by atoms with van der Waals surface area (Å²) in [5.41, 5.74) is -0.236. The Morgan fingerprint density at radius 3 is 2.73 bits per heavy atom. The molecule has 0 aliphatic heterocycles. The molecule has 3 rings (SSSR count). The third-order valence-electron chi connectivity index (χ3n) is 4.08. The van der Waals surface area contributed by atoms with E-state index >= 15 is 0 Å². The Bertz CT molecular complexity index is 1480. The van der Waals surface area contributed by atoms with Gasteiger partial charge in [-0.05, 0) is 63.2 Å². The summed E-state index contributed by atoms with van der Waals surface area (Å²) in [7, 11) is -4.87. The second-order valence-electron chi connectivity index (χ2n) is 6.46. The van der Waals surface area contributed by atoms with Crippen molar-refractivity contribution in [3.63, 3.8) is 0 Å². The van der Waals surface area contributed by atoms with Crippen molar-refractivity contribution in [2.24, 2.45) is 0 Å². The normalized spacial score (nSPS) is 14.7. The highest BCUT2D eigenvalue weighted by atomic mass is 32.2. The molecule has 0 aliphatic rings. The van der Waals surface area contributed by atoms with Gasteiger partial charge in [0.1, 0.15) is 9.77 Å². The van der Waals surface area contributed by atoms with Gasteiger partial charge in [0.2, 0.25) is 5.88 Å². The average Bonchev–Trinajstić information content (AvgIpc) is 3.41. The molecular weight excluding hydrogens is 426 g/mol. The van der Waals surface area contributed by atoms with Crippen LogP contribution in [0.2, 0.25) is 2.82 Å². The maximum absolute atomic E-state index is 13.3. The first-order valence-electron chi connectivity index (χ1n) is 11.4. The van der Waals surface area contributed by atoms with Gasteiger partial charge in [0, 0.05) is 15.2 Å². The lowest BCUT2D eigenvalue weighted by atomic mass is 10.0. The van der Waals surface area contributed by atoms with Crippen LogP contribution in [0.3, 0.4) is 0 Å². The van der Waals surface area contributed by atoms with Gasteiger partial charge in [-0.3, -0.25) is 9.59 Å². The average molecular weight is 454 g/mol. The van der Waals surface area contributed by atoms with Crippen LogP contribution < -0.4 is 10.0 Å². The molecule has 30 heavy (non-hydrogen) atoms. The number of hydrogen-bond donors (Lipinski definition) is 2. The largest absolute Gasteiger partial charge is 0.337 e. The minimum absolute atomic E-state index is 0.130. The van der Waals surface area contributed by atoms with E-state index in [1.165, 1.54) is 25.3 Å². The molecule has 0 saturated heterocycles. The second-order valence-corrected chi connectivity index (χ2v) is 8.95. The number of aryl methyl sites for hydroxylation is 3. The van der Waals surface area contributed by atoms with Crippen molar-refractivity contribution in [2.75, 3.05) is 10.0 Å². The van der Waals surface area contributed by atoms with Gasteiger partial charge in [0.15, 0.2) is 8.61 Å². The van der Waals surface area contributed by atoms with E-state index in [0.717, 1.165) is 6.07 Å². The molecule has 0 bridgehead atoms. The van der Waals surface area contributed by atoms with Crippen LogP contribution in [0.25, 0.3) is 0 Å². The fraction of sp³-hybridized carbons (Fsp3) is 0.250. The molecule has 0 radical (unpaired) electrons. The molecule has 3 aromatic rings. The number of ketones is 1. The Morgan fingerprint density at radius 1 is 1.33 bits per heavy atom. The number of nitrogens with zero attached hydrogens (tertiary/aromatic N) is 1. The molecule has 158 valence electrons. The van der Waals surface area contributed by atoms with Crippen molar-refractivity contribution in [1.29, 1.82) is 0 Å². The predicted molar refractivity (Wildman–Crippen MR) is 115 cm³/mol. The second kappa shape index (κ2) is 8.04. The first-order chi connectivity index (χ1) is 16.5. The van der Waals surface area contributed by atoms with Gasteiger partial charge in [0.25, 0.3) is 15.9 Å². The fourth-order valence-corrected chi connectivity index (χ4v) is 4.89. The summed E-state index contributed by atoms with van der Waals surface area (Å²) in [5.74, 6) is -2.54. The number of rotatable bonds is 6. The predicted octanol–water partition coefficient (Wildman–Crippen LogP) is 4.23. The minimum Gasteiger partial charge on any atom is -0.337 e. The SMILES string of the molecule is [2H]c1c(C)cc(C)c(N([2H])C(=O)c2sccc2S(=O)(=O)N([2H])c2onc(C)c2C([2H])([2H])[2H])c1C(C)=O. The highest BCUT2D eigenvalue weighted by molar-refractivity contribution is 7.93. The molecule has 0 aliphatic carbocycles. The lowest BCUT2D eigenvalue weighted by molar-refractivity contribution is 0.101. The van der Waals surface area contributed by atoms with E-state index in [0.29, 0.717) is 27.8 Å². The number of thiophene rings is 1. The highest BCUT2D eigenvalue weighted by Gasteiger charge is 2.27. The monoisotopic (exact) mass is 453 g/mol. The number of Topliss-reactive ketones (excluding diaryl/α,β-unsaturated/α-hetero) is 1.